The van der Waals surface area contributed by atoms with E-state index in [0.29, 0.717) is 11.6 Å². The fourth-order valence-electron chi connectivity index (χ4n) is 3.11. The Bertz CT molecular complexity index is 904. The number of hydrogen-bond donors (Lipinski definition) is 1. The second-order valence-electron chi connectivity index (χ2n) is 6.02. The first-order valence-electron chi connectivity index (χ1n) is 8.13. The average Bonchev–Trinajstić information content (AvgIpc) is 3.28. The van der Waals surface area contributed by atoms with E-state index >= 15 is 0 Å². The lowest BCUT2D eigenvalue weighted by Crippen LogP contribution is -2.37. The Morgan fingerprint density at radius 2 is 2.20 bits per heavy atom. The molecule has 1 atom stereocenters. The highest BCUT2D eigenvalue weighted by atomic mass is 32.1. The van der Waals surface area contributed by atoms with Crippen molar-refractivity contribution in [2.75, 3.05) is 0 Å². The fourth-order valence-corrected chi connectivity index (χ4v) is 4.10. The quantitative estimate of drug-likeness (QED) is 0.562. The Balaban J connectivity index is 1.43. The lowest BCUT2D eigenvalue weighted by atomic mass is 10.1. The van der Waals surface area contributed by atoms with Crippen molar-refractivity contribution < 1.29 is 4.92 Å². The molecule has 2 aromatic heterocycles. The third kappa shape index (κ3) is 3.31. The van der Waals surface area contributed by atoms with E-state index in [9.17, 15) is 10.1 Å². The van der Waals surface area contributed by atoms with E-state index in [-0.39, 0.29) is 10.6 Å². The molecule has 0 bridgehead atoms. The molecule has 1 aliphatic rings. The maximum atomic E-state index is 11.2. The maximum Gasteiger partial charge on any atom is 0.278 e. The maximum absolute atomic E-state index is 11.2. The molecule has 128 valence electrons. The van der Waals surface area contributed by atoms with Crippen molar-refractivity contribution in [3.8, 4) is 10.4 Å². The SMILES string of the molecule is O=[N+]([O-])c1ccccc1-c1ccc(CNC2CCc3ncnn3C2)s1. The summed E-state index contributed by atoms with van der Waals surface area (Å²) in [7, 11) is 0. The molecule has 0 fully saturated rings. The molecule has 0 radical (unpaired) electrons. The van der Waals surface area contributed by atoms with Gasteiger partial charge in [-0.3, -0.25) is 10.1 Å². The van der Waals surface area contributed by atoms with Crippen molar-refractivity contribution in [3.05, 3.63) is 63.5 Å². The highest BCUT2D eigenvalue weighted by Gasteiger charge is 2.20. The summed E-state index contributed by atoms with van der Waals surface area (Å²) in [4.78, 5) is 17.2. The lowest BCUT2D eigenvalue weighted by Gasteiger charge is -2.23. The molecule has 3 aromatic rings. The van der Waals surface area contributed by atoms with Gasteiger partial charge >= 0.3 is 0 Å². The highest BCUT2D eigenvalue weighted by Crippen LogP contribution is 2.34. The van der Waals surface area contributed by atoms with Crippen molar-refractivity contribution >= 4 is 17.0 Å². The van der Waals surface area contributed by atoms with Crippen LogP contribution in [0.25, 0.3) is 10.4 Å². The van der Waals surface area contributed by atoms with Gasteiger partial charge in [0.05, 0.1) is 17.0 Å². The minimum absolute atomic E-state index is 0.148. The third-order valence-electron chi connectivity index (χ3n) is 4.40. The van der Waals surface area contributed by atoms with Gasteiger partial charge in [0.15, 0.2) is 0 Å². The molecule has 0 aliphatic carbocycles. The molecule has 4 rings (SSSR count). The first-order chi connectivity index (χ1) is 12.2. The summed E-state index contributed by atoms with van der Waals surface area (Å²) in [6.45, 7) is 1.58. The number of nitro benzene ring substituents is 1. The van der Waals surface area contributed by atoms with Gasteiger partial charge in [0.1, 0.15) is 12.2 Å². The molecular formula is C17H17N5O2S. The number of nitrogens with zero attached hydrogens (tertiary/aromatic N) is 4. The van der Waals surface area contributed by atoms with Gasteiger partial charge in [-0.05, 0) is 24.6 Å². The highest BCUT2D eigenvalue weighted by molar-refractivity contribution is 7.15. The molecule has 3 heterocycles. The van der Waals surface area contributed by atoms with Crippen LogP contribution in [-0.2, 0) is 19.5 Å². The normalized spacial score (nSPS) is 16.6. The van der Waals surface area contributed by atoms with E-state index in [1.165, 1.54) is 0 Å². The van der Waals surface area contributed by atoms with Gasteiger partial charge in [0, 0.05) is 34.8 Å². The minimum atomic E-state index is -0.329. The fraction of sp³-hybridized carbons (Fsp3) is 0.294. The van der Waals surface area contributed by atoms with Crippen molar-refractivity contribution in [2.24, 2.45) is 0 Å². The van der Waals surface area contributed by atoms with Crippen molar-refractivity contribution in [2.45, 2.75) is 32.0 Å². The van der Waals surface area contributed by atoms with E-state index in [4.69, 9.17) is 0 Å². The standard InChI is InChI=1S/C17H17N5O2S/c23-22(24)15-4-2-1-3-14(15)16-7-6-13(25-16)9-18-12-5-8-17-19-11-20-21(17)10-12/h1-4,6-7,11-12,18H,5,8-10H2. The summed E-state index contributed by atoms with van der Waals surface area (Å²) in [5.74, 6) is 1.05. The van der Waals surface area contributed by atoms with Gasteiger partial charge in [-0.1, -0.05) is 12.1 Å². The van der Waals surface area contributed by atoms with Crippen LogP contribution in [0.15, 0.2) is 42.7 Å². The predicted octanol–water partition coefficient (Wildman–Crippen LogP) is 3.02. The van der Waals surface area contributed by atoms with E-state index in [2.05, 4.69) is 15.4 Å². The van der Waals surface area contributed by atoms with Crippen LogP contribution in [0.2, 0.25) is 0 Å². The molecule has 8 heteroatoms. The average molecular weight is 355 g/mol. The lowest BCUT2D eigenvalue weighted by molar-refractivity contribution is -0.384. The second kappa shape index (κ2) is 6.73. The van der Waals surface area contributed by atoms with Crippen LogP contribution in [-0.4, -0.2) is 25.7 Å². The number of aryl methyl sites for hydroxylation is 1. The van der Waals surface area contributed by atoms with Crippen LogP contribution in [0.5, 0.6) is 0 Å². The van der Waals surface area contributed by atoms with Crippen molar-refractivity contribution in [1.29, 1.82) is 0 Å². The van der Waals surface area contributed by atoms with Gasteiger partial charge in [-0.2, -0.15) is 5.10 Å². The van der Waals surface area contributed by atoms with Gasteiger partial charge in [-0.15, -0.1) is 11.3 Å². The summed E-state index contributed by atoms with van der Waals surface area (Å²) in [5.41, 5.74) is 0.823. The summed E-state index contributed by atoms with van der Waals surface area (Å²) >= 11 is 1.59. The first-order valence-corrected chi connectivity index (χ1v) is 8.95. The van der Waals surface area contributed by atoms with Crippen molar-refractivity contribution in [1.82, 2.24) is 20.1 Å². The van der Waals surface area contributed by atoms with Gasteiger partial charge in [0.2, 0.25) is 0 Å². The summed E-state index contributed by atoms with van der Waals surface area (Å²) in [6.07, 6.45) is 3.58. The molecular weight excluding hydrogens is 338 g/mol. The van der Waals surface area contributed by atoms with E-state index in [1.54, 1.807) is 35.9 Å². The van der Waals surface area contributed by atoms with Gasteiger partial charge < -0.3 is 5.32 Å². The van der Waals surface area contributed by atoms with Gasteiger partial charge in [-0.25, -0.2) is 9.67 Å². The van der Waals surface area contributed by atoms with Crippen LogP contribution in [0.1, 0.15) is 17.1 Å². The number of benzene rings is 1. The monoisotopic (exact) mass is 355 g/mol. The first kappa shape index (κ1) is 15.9. The number of nitrogens with one attached hydrogen (secondary N) is 1. The van der Waals surface area contributed by atoms with Crippen LogP contribution in [0.4, 0.5) is 5.69 Å². The largest absolute Gasteiger partial charge is 0.307 e. The van der Waals surface area contributed by atoms with E-state index < -0.39 is 0 Å². The summed E-state index contributed by atoms with van der Waals surface area (Å²) < 4.78 is 1.95. The van der Waals surface area contributed by atoms with E-state index in [0.717, 1.165) is 41.5 Å². The molecule has 1 unspecified atom stereocenters. The summed E-state index contributed by atoms with van der Waals surface area (Å²) in [6, 6.07) is 11.2. The zero-order chi connectivity index (χ0) is 17.2. The molecule has 0 saturated heterocycles. The number of thiophene rings is 1. The van der Waals surface area contributed by atoms with Crippen LogP contribution in [0.3, 0.4) is 0 Å². The Kier molecular flexibility index (Phi) is 4.29. The zero-order valence-electron chi connectivity index (χ0n) is 13.5. The van der Waals surface area contributed by atoms with Crippen LogP contribution >= 0.6 is 11.3 Å². The van der Waals surface area contributed by atoms with E-state index in [1.807, 2.05) is 22.9 Å². The Morgan fingerprint density at radius 1 is 1.32 bits per heavy atom. The molecule has 1 aromatic carbocycles. The van der Waals surface area contributed by atoms with Gasteiger partial charge in [0.25, 0.3) is 5.69 Å². The predicted molar refractivity (Wildman–Crippen MR) is 95.4 cm³/mol. The zero-order valence-corrected chi connectivity index (χ0v) is 14.3. The number of nitro groups is 1. The smallest absolute Gasteiger partial charge is 0.278 e. The molecule has 0 saturated carbocycles. The number of hydrogen-bond acceptors (Lipinski definition) is 6. The molecule has 0 amide bonds. The number of fused-ring (bicyclic) bond motifs is 1. The molecule has 25 heavy (non-hydrogen) atoms. The Morgan fingerprint density at radius 3 is 3.08 bits per heavy atom. The molecule has 1 N–H and O–H groups in total. The second-order valence-corrected chi connectivity index (χ2v) is 7.18. The topological polar surface area (TPSA) is 85.9 Å². The minimum Gasteiger partial charge on any atom is -0.307 e. The molecule has 1 aliphatic heterocycles. The van der Waals surface area contributed by atoms with Crippen molar-refractivity contribution in [3.63, 3.8) is 0 Å². The Hall–Kier alpha value is -2.58. The van der Waals surface area contributed by atoms with Crippen LogP contribution in [0, 0.1) is 10.1 Å². The number of para-hydroxylation sites is 1. The molecule has 7 nitrogen and oxygen atoms in total. The van der Waals surface area contributed by atoms with Crippen LogP contribution < -0.4 is 5.32 Å². The Labute approximate surface area is 148 Å². The number of rotatable bonds is 5. The summed E-state index contributed by atoms with van der Waals surface area (Å²) in [5, 5.41) is 19.0. The third-order valence-corrected chi connectivity index (χ3v) is 5.52. The number of aromatic nitrogens is 3. The molecule has 0 spiro atoms.